The molecule has 2 fully saturated rings. The van der Waals surface area contributed by atoms with Crippen LogP contribution in [0.15, 0.2) is 48.5 Å². The predicted molar refractivity (Wildman–Crippen MR) is 139 cm³/mol. The summed E-state index contributed by atoms with van der Waals surface area (Å²) in [5, 5.41) is 9.08. The molecule has 4 rings (SSSR count). The highest BCUT2D eigenvalue weighted by Crippen LogP contribution is 2.31. The topological polar surface area (TPSA) is 81.2 Å². The molecule has 0 saturated carbocycles. The molecule has 36 heavy (non-hydrogen) atoms. The third-order valence-electron chi connectivity index (χ3n) is 7.35. The standard InChI is InChI=1S/C27H36FN3O4S/c1-20-9-12-25(17-22-7-4-3-5-8-22)36(34,35)31(20)19-23-10-11-24(18-26(23)28)29-13-6-14-30(16-15-29)27(33)21(2)32/h3-5,7-8,10-11,18,20-21,25,32H,6,9,12-17,19H2,1-2H3/t20-,21-,25?/m0/s1. The Morgan fingerprint density at radius 1 is 1.08 bits per heavy atom. The normalized spacial score (nSPS) is 23.8. The fourth-order valence-corrected chi connectivity index (χ4v) is 7.33. The SMILES string of the molecule is C[C@H](O)C(=O)N1CCCN(c2ccc(CN3[C@@H](C)CCC(Cc4ccccc4)S3(=O)=O)c(F)c2)CC1. The Kier molecular flexibility index (Phi) is 8.32. The van der Waals surface area contributed by atoms with E-state index in [-0.39, 0.29) is 18.5 Å². The van der Waals surface area contributed by atoms with Gasteiger partial charge in [-0.05, 0) is 57.2 Å². The molecule has 2 aromatic rings. The van der Waals surface area contributed by atoms with Crippen LogP contribution in [0.25, 0.3) is 0 Å². The maximum Gasteiger partial charge on any atom is 0.251 e. The molecule has 0 spiro atoms. The first-order valence-electron chi connectivity index (χ1n) is 12.7. The Hall–Kier alpha value is -2.49. The summed E-state index contributed by atoms with van der Waals surface area (Å²) < 4.78 is 43.7. The van der Waals surface area contributed by atoms with Gasteiger partial charge in [-0.1, -0.05) is 36.4 Å². The molecule has 2 saturated heterocycles. The van der Waals surface area contributed by atoms with E-state index < -0.39 is 27.2 Å². The Morgan fingerprint density at radius 2 is 1.83 bits per heavy atom. The monoisotopic (exact) mass is 517 g/mol. The molecule has 0 radical (unpaired) electrons. The minimum Gasteiger partial charge on any atom is -0.384 e. The number of amides is 1. The number of sulfonamides is 1. The van der Waals surface area contributed by atoms with Gasteiger partial charge in [-0.25, -0.2) is 12.8 Å². The van der Waals surface area contributed by atoms with Gasteiger partial charge < -0.3 is 14.9 Å². The van der Waals surface area contributed by atoms with Gasteiger partial charge in [0.15, 0.2) is 0 Å². The van der Waals surface area contributed by atoms with Crippen molar-refractivity contribution < 1.29 is 22.7 Å². The van der Waals surface area contributed by atoms with Crippen LogP contribution in [0.3, 0.4) is 0 Å². The number of hydrogen-bond acceptors (Lipinski definition) is 5. The van der Waals surface area contributed by atoms with E-state index in [1.165, 1.54) is 17.3 Å². The number of benzene rings is 2. The van der Waals surface area contributed by atoms with Crippen LogP contribution in [-0.4, -0.2) is 72.2 Å². The van der Waals surface area contributed by atoms with Crippen LogP contribution in [0.4, 0.5) is 10.1 Å². The van der Waals surface area contributed by atoms with Crippen molar-refractivity contribution in [3.8, 4) is 0 Å². The highest BCUT2D eigenvalue weighted by Gasteiger charge is 2.39. The minimum absolute atomic E-state index is 0.0115. The lowest BCUT2D eigenvalue weighted by molar-refractivity contribution is -0.139. The molecule has 196 valence electrons. The highest BCUT2D eigenvalue weighted by molar-refractivity contribution is 7.89. The first-order valence-corrected chi connectivity index (χ1v) is 14.2. The molecule has 0 aromatic heterocycles. The first-order chi connectivity index (χ1) is 17.2. The molecule has 2 heterocycles. The zero-order valence-corrected chi connectivity index (χ0v) is 21.8. The molecule has 9 heteroatoms. The van der Waals surface area contributed by atoms with Gasteiger partial charge in [-0.15, -0.1) is 0 Å². The van der Waals surface area contributed by atoms with Gasteiger partial charge in [0.05, 0.1) is 5.25 Å². The molecule has 0 bridgehead atoms. The molecule has 2 aromatic carbocycles. The lowest BCUT2D eigenvalue weighted by Gasteiger charge is -2.37. The lowest BCUT2D eigenvalue weighted by atomic mass is 10.0. The maximum atomic E-state index is 15.2. The Labute approximate surface area is 213 Å². The second kappa shape index (κ2) is 11.3. The summed E-state index contributed by atoms with van der Waals surface area (Å²) in [6.07, 6.45) is 1.48. The summed E-state index contributed by atoms with van der Waals surface area (Å²) in [6.45, 7) is 5.58. The van der Waals surface area contributed by atoms with Crippen LogP contribution >= 0.6 is 0 Å². The molecule has 2 aliphatic heterocycles. The molecule has 2 aliphatic rings. The van der Waals surface area contributed by atoms with E-state index in [1.807, 2.05) is 48.2 Å². The smallest absolute Gasteiger partial charge is 0.251 e. The summed E-state index contributed by atoms with van der Waals surface area (Å²) in [7, 11) is -3.59. The van der Waals surface area contributed by atoms with Gasteiger partial charge in [0.1, 0.15) is 11.9 Å². The first kappa shape index (κ1) is 26.6. The quantitative estimate of drug-likeness (QED) is 0.637. The number of aliphatic hydroxyl groups excluding tert-OH is 1. The van der Waals surface area contributed by atoms with Crippen molar-refractivity contribution in [2.45, 2.75) is 63.5 Å². The van der Waals surface area contributed by atoms with Gasteiger partial charge in [0.2, 0.25) is 10.0 Å². The lowest BCUT2D eigenvalue weighted by Crippen LogP contribution is -2.48. The number of rotatable bonds is 6. The highest BCUT2D eigenvalue weighted by atomic mass is 32.2. The van der Waals surface area contributed by atoms with Crippen LogP contribution in [0, 0.1) is 5.82 Å². The van der Waals surface area contributed by atoms with Crippen LogP contribution in [0.5, 0.6) is 0 Å². The van der Waals surface area contributed by atoms with Crippen LogP contribution in [-0.2, 0) is 27.8 Å². The van der Waals surface area contributed by atoms with E-state index in [4.69, 9.17) is 0 Å². The maximum absolute atomic E-state index is 15.2. The minimum atomic E-state index is -3.59. The zero-order chi connectivity index (χ0) is 25.9. The molecule has 3 atom stereocenters. The molecule has 7 nitrogen and oxygen atoms in total. The summed E-state index contributed by atoms with van der Waals surface area (Å²) >= 11 is 0. The van der Waals surface area contributed by atoms with Crippen molar-refractivity contribution in [1.82, 2.24) is 9.21 Å². The number of aliphatic hydroxyl groups is 1. The predicted octanol–water partition coefficient (Wildman–Crippen LogP) is 3.17. The van der Waals surface area contributed by atoms with E-state index in [9.17, 15) is 18.3 Å². The number of halogens is 1. The van der Waals surface area contributed by atoms with Crippen molar-refractivity contribution in [2.75, 3.05) is 31.1 Å². The second-order valence-electron chi connectivity index (χ2n) is 9.95. The molecule has 0 aliphatic carbocycles. The Morgan fingerprint density at radius 3 is 2.53 bits per heavy atom. The van der Waals surface area contributed by atoms with Crippen molar-refractivity contribution in [2.24, 2.45) is 0 Å². The zero-order valence-electron chi connectivity index (χ0n) is 21.0. The van der Waals surface area contributed by atoms with Gasteiger partial charge >= 0.3 is 0 Å². The van der Waals surface area contributed by atoms with Gasteiger partial charge in [-0.3, -0.25) is 4.79 Å². The van der Waals surface area contributed by atoms with Gasteiger partial charge in [-0.2, -0.15) is 4.31 Å². The van der Waals surface area contributed by atoms with Crippen LogP contribution < -0.4 is 4.90 Å². The van der Waals surface area contributed by atoms with Crippen LogP contribution in [0.2, 0.25) is 0 Å². The third kappa shape index (κ3) is 5.90. The molecule has 1 amide bonds. The van der Waals surface area contributed by atoms with Crippen molar-refractivity contribution in [3.63, 3.8) is 0 Å². The Balaban J connectivity index is 1.46. The fraction of sp³-hybridized carbons (Fsp3) is 0.519. The molecular formula is C27H36FN3O4S. The second-order valence-corrected chi connectivity index (χ2v) is 12.1. The number of hydrogen-bond donors (Lipinski definition) is 1. The number of anilines is 1. The molecule has 1 unspecified atom stereocenters. The Bertz CT molecular complexity index is 1160. The number of nitrogens with zero attached hydrogens (tertiary/aromatic N) is 3. The van der Waals surface area contributed by atoms with Crippen LogP contribution in [0.1, 0.15) is 44.2 Å². The van der Waals surface area contributed by atoms with Crippen molar-refractivity contribution in [3.05, 3.63) is 65.5 Å². The summed E-state index contributed by atoms with van der Waals surface area (Å²) in [5.41, 5.74) is 2.05. The van der Waals surface area contributed by atoms with Gasteiger partial charge in [0.25, 0.3) is 5.91 Å². The van der Waals surface area contributed by atoms with E-state index in [0.717, 1.165) is 12.0 Å². The van der Waals surface area contributed by atoms with E-state index in [0.29, 0.717) is 56.7 Å². The van der Waals surface area contributed by atoms with Crippen molar-refractivity contribution in [1.29, 1.82) is 0 Å². The van der Waals surface area contributed by atoms with Crippen molar-refractivity contribution >= 4 is 21.6 Å². The van der Waals surface area contributed by atoms with E-state index >= 15 is 4.39 Å². The molecular weight excluding hydrogens is 481 g/mol. The summed E-state index contributed by atoms with van der Waals surface area (Å²) in [6, 6.07) is 14.4. The number of carbonyl (C=O) groups is 1. The number of carbonyl (C=O) groups excluding carboxylic acids is 1. The average molecular weight is 518 g/mol. The van der Waals surface area contributed by atoms with Gasteiger partial charge in [0, 0.05) is 50.0 Å². The third-order valence-corrected chi connectivity index (χ3v) is 9.73. The average Bonchev–Trinajstić information content (AvgIpc) is 3.11. The summed E-state index contributed by atoms with van der Waals surface area (Å²) in [5.74, 6) is -0.720. The summed E-state index contributed by atoms with van der Waals surface area (Å²) in [4.78, 5) is 15.8. The van der Waals surface area contributed by atoms with E-state index in [2.05, 4.69) is 0 Å². The molecule has 1 N–H and O–H groups in total. The largest absolute Gasteiger partial charge is 0.384 e. The van der Waals surface area contributed by atoms with E-state index in [1.54, 1.807) is 11.0 Å². The fourth-order valence-electron chi connectivity index (χ4n) is 5.18.